The van der Waals surface area contributed by atoms with E-state index in [9.17, 15) is 9.59 Å². The van der Waals surface area contributed by atoms with Crippen molar-refractivity contribution in [3.63, 3.8) is 0 Å². The molecule has 1 fully saturated rings. The van der Waals surface area contributed by atoms with Crippen molar-refractivity contribution in [3.8, 4) is 0 Å². The predicted molar refractivity (Wildman–Crippen MR) is 148 cm³/mol. The Morgan fingerprint density at radius 2 is 1.95 bits per heavy atom. The third-order valence-electron chi connectivity index (χ3n) is 6.75. The van der Waals surface area contributed by atoms with Crippen molar-refractivity contribution in [2.24, 2.45) is 0 Å². The van der Waals surface area contributed by atoms with Gasteiger partial charge < -0.3 is 19.9 Å². The zero-order valence-electron chi connectivity index (χ0n) is 21.6. The Balaban J connectivity index is 1.48. The van der Waals surface area contributed by atoms with Crippen LogP contribution in [0.25, 0.3) is 11.0 Å². The number of ether oxygens (including phenoxy) is 1. The topological polar surface area (TPSA) is 92.6 Å². The molecule has 0 bridgehead atoms. The number of fused-ring (bicyclic) bond motifs is 1. The van der Waals surface area contributed by atoms with Crippen molar-refractivity contribution in [2.45, 2.75) is 38.1 Å². The van der Waals surface area contributed by atoms with E-state index < -0.39 is 6.04 Å². The monoisotopic (exact) mass is 532 g/mol. The van der Waals surface area contributed by atoms with Gasteiger partial charge in [0.2, 0.25) is 11.8 Å². The molecule has 0 spiro atoms. The van der Waals surface area contributed by atoms with Crippen molar-refractivity contribution in [1.82, 2.24) is 25.2 Å². The first-order valence-electron chi connectivity index (χ1n) is 12.8. The molecular weight excluding hydrogens is 500 g/mol. The quantitative estimate of drug-likeness (QED) is 0.335. The molecule has 0 aliphatic carbocycles. The molecular formula is C28H32N6O3S. The summed E-state index contributed by atoms with van der Waals surface area (Å²) in [5, 5.41) is 13.4. The molecule has 1 N–H and O–H groups in total. The average molecular weight is 533 g/mol. The number of aromatic nitrogens is 3. The highest BCUT2D eigenvalue weighted by molar-refractivity contribution is 7.09. The Morgan fingerprint density at radius 3 is 2.66 bits per heavy atom. The van der Waals surface area contributed by atoms with Crippen LogP contribution in [-0.4, -0.2) is 65.1 Å². The summed E-state index contributed by atoms with van der Waals surface area (Å²) in [6.07, 6.45) is 1.91. The van der Waals surface area contributed by atoms with E-state index in [4.69, 9.17) is 4.74 Å². The normalized spacial score (nSPS) is 15.9. The molecule has 2 aromatic carbocycles. The van der Waals surface area contributed by atoms with E-state index >= 15 is 0 Å². The number of para-hydroxylation sites is 1. The predicted octanol–water partition coefficient (Wildman–Crippen LogP) is 3.62. The molecule has 2 aromatic heterocycles. The van der Waals surface area contributed by atoms with Crippen LogP contribution in [-0.2, 0) is 27.4 Å². The highest BCUT2D eigenvalue weighted by Gasteiger charge is 2.33. The van der Waals surface area contributed by atoms with Gasteiger partial charge >= 0.3 is 0 Å². The van der Waals surface area contributed by atoms with Gasteiger partial charge in [0.05, 0.1) is 18.2 Å². The molecule has 1 aliphatic rings. The van der Waals surface area contributed by atoms with E-state index in [0.29, 0.717) is 19.7 Å². The average Bonchev–Trinajstić information content (AvgIpc) is 3.71. The highest BCUT2D eigenvalue weighted by Crippen LogP contribution is 2.28. The number of amides is 2. The summed E-state index contributed by atoms with van der Waals surface area (Å²) < 4.78 is 7.31. The SMILES string of the molecule is CN(C)c1ccc([C@@H](C(=O)NC[C@H]2CCCO2)N(Cc2cccs2)C(=O)Cn2nnc3ccccc32)cc1. The van der Waals surface area contributed by atoms with Gasteiger partial charge in [0, 0.05) is 37.8 Å². The summed E-state index contributed by atoms with van der Waals surface area (Å²) >= 11 is 1.56. The summed E-state index contributed by atoms with van der Waals surface area (Å²) in [6.45, 7) is 1.40. The van der Waals surface area contributed by atoms with Crippen molar-refractivity contribution in [3.05, 3.63) is 76.5 Å². The molecule has 0 unspecified atom stereocenters. The standard InChI is InChI=1S/C28H32N6O3S/c1-32(2)21-13-11-20(12-14-21)27(28(36)29-17-22-7-5-15-37-22)33(18-23-8-6-16-38-23)26(35)19-34-25-10-4-3-9-24(25)30-31-34/h3-4,6,8-14,16,22,27H,5,7,15,17-19H2,1-2H3,(H,29,36)/t22-,27+/m1/s1. The number of carbonyl (C=O) groups is 2. The zero-order valence-corrected chi connectivity index (χ0v) is 22.4. The first kappa shape index (κ1) is 25.9. The first-order valence-corrected chi connectivity index (χ1v) is 13.6. The van der Waals surface area contributed by atoms with Crippen LogP contribution in [0.2, 0.25) is 0 Å². The van der Waals surface area contributed by atoms with Gasteiger partial charge in [0.15, 0.2) is 0 Å². The van der Waals surface area contributed by atoms with E-state index in [1.807, 2.05) is 85.0 Å². The van der Waals surface area contributed by atoms with Gasteiger partial charge in [-0.1, -0.05) is 35.5 Å². The molecule has 4 aromatic rings. The summed E-state index contributed by atoms with van der Waals surface area (Å²) in [5.74, 6) is -0.450. The van der Waals surface area contributed by atoms with Gasteiger partial charge in [-0.25, -0.2) is 4.68 Å². The molecule has 1 saturated heterocycles. The Labute approximate surface area is 226 Å². The van der Waals surface area contributed by atoms with E-state index in [2.05, 4.69) is 15.6 Å². The second-order valence-corrected chi connectivity index (χ2v) is 10.6. The third-order valence-corrected chi connectivity index (χ3v) is 7.61. The Hall–Kier alpha value is -3.76. The fourth-order valence-electron chi connectivity index (χ4n) is 4.69. The second-order valence-electron chi connectivity index (χ2n) is 9.61. The van der Waals surface area contributed by atoms with Crippen LogP contribution >= 0.6 is 11.3 Å². The van der Waals surface area contributed by atoms with Gasteiger partial charge in [-0.3, -0.25) is 9.59 Å². The molecule has 3 heterocycles. The summed E-state index contributed by atoms with van der Waals surface area (Å²) in [7, 11) is 3.94. The number of carbonyl (C=O) groups excluding carboxylic acids is 2. The van der Waals surface area contributed by atoms with Crippen LogP contribution in [0, 0.1) is 0 Å². The lowest BCUT2D eigenvalue weighted by Gasteiger charge is -2.31. The number of thiophene rings is 1. The molecule has 2 amide bonds. The number of benzene rings is 2. The molecule has 9 nitrogen and oxygen atoms in total. The molecule has 0 saturated carbocycles. The van der Waals surface area contributed by atoms with E-state index in [-0.39, 0.29) is 24.5 Å². The number of nitrogens with one attached hydrogen (secondary N) is 1. The molecule has 10 heteroatoms. The van der Waals surface area contributed by atoms with Crippen LogP contribution < -0.4 is 10.2 Å². The molecule has 5 rings (SSSR count). The minimum atomic E-state index is -0.822. The minimum absolute atomic E-state index is 0.00122. The number of rotatable bonds is 10. The number of hydrogen-bond acceptors (Lipinski definition) is 7. The van der Waals surface area contributed by atoms with Gasteiger partial charge in [-0.15, -0.1) is 16.4 Å². The molecule has 1 aliphatic heterocycles. The van der Waals surface area contributed by atoms with Crippen molar-refractivity contribution in [2.75, 3.05) is 32.1 Å². The summed E-state index contributed by atoms with van der Waals surface area (Å²) in [4.78, 5) is 32.4. The Morgan fingerprint density at radius 1 is 1.13 bits per heavy atom. The molecule has 198 valence electrons. The molecule has 38 heavy (non-hydrogen) atoms. The van der Waals surface area contributed by atoms with Crippen LogP contribution in [0.3, 0.4) is 0 Å². The number of anilines is 1. The third kappa shape index (κ3) is 5.87. The van der Waals surface area contributed by atoms with Crippen LogP contribution in [0.1, 0.15) is 29.3 Å². The van der Waals surface area contributed by atoms with E-state index in [1.54, 1.807) is 20.9 Å². The van der Waals surface area contributed by atoms with E-state index in [1.165, 1.54) is 0 Å². The van der Waals surface area contributed by atoms with Gasteiger partial charge in [-0.2, -0.15) is 0 Å². The smallest absolute Gasteiger partial charge is 0.247 e. The lowest BCUT2D eigenvalue weighted by Crippen LogP contribution is -2.46. The fourth-order valence-corrected chi connectivity index (χ4v) is 5.39. The van der Waals surface area contributed by atoms with Gasteiger partial charge in [0.25, 0.3) is 0 Å². The van der Waals surface area contributed by atoms with Crippen LogP contribution in [0.15, 0.2) is 66.0 Å². The van der Waals surface area contributed by atoms with Crippen molar-refractivity contribution < 1.29 is 14.3 Å². The number of hydrogen-bond donors (Lipinski definition) is 1. The summed E-state index contributed by atoms with van der Waals surface area (Å²) in [5.41, 5.74) is 3.24. The maximum absolute atomic E-state index is 14.0. The van der Waals surface area contributed by atoms with E-state index in [0.717, 1.165) is 40.0 Å². The highest BCUT2D eigenvalue weighted by atomic mass is 32.1. The molecule has 2 atom stereocenters. The lowest BCUT2D eigenvalue weighted by molar-refractivity contribution is -0.142. The maximum Gasteiger partial charge on any atom is 0.247 e. The first-order chi connectivity index (χ1) is 18.5. The van der Waals surface area contributed by atoms with Crippen molar-refractivity contribution >= 4 is 39.9 Å². The minimum Gasteiger partial charge on any atom is -0.378 e. The van der Waals surface area contributed by atoms with Crippen LogP contribution in [0.5, 0.6) is 0 Å². The largest absolute Gasteiger partial charge is 0.378 e. The fraction of sp³-hybridized carbons (Fsp3) is 0.357. The maximum atomic E-state index is 14.0. The van der Waals surface area contributed by atoms with Gasteiger partial charge in [0.1, 0.15) is 18.1 Å². The second kappa shape index (κ2) is 11.7. The van der Waals surface area contributed by atoms with Crippen LogP contribution in [0.4, 0.5) is 5.69 Å². The Kier molecular flexibility index (Phi) is 8.00. The lowest BCUT2D eigenvalue weighted by atomic mass is 10.0. The zero-order chi connectivity index (χ0) is 26.5. The van der Waals surface area contributed by atoms with Gasteiger partial charge in [-0.05, 0) is 54.1 Å². The summed E-state index contributed by atoms with van der Waals surface area (Å²) in [6, 6.07) is 18.4. The number of nitrogens with zero attached hydrogens (tertiary/aromatic N) is 5. The Bertz CT molecular complexity index is 1360. The molecule has 0 radical (unpaired) electrons. The van der Waals surface area contributed by atoms with Crippen molar-refractivity contribution in [1.29, 1.82) is 0 Å².